The molecule has 1 aliphatic rings. The molecule has 15 heavy (non-hydrogen) atoms. The maximum absolute atomic E-state index is 11.6. The van der Waals surface area contributed by atoms with Crippen LogP contribution in [-0.4, -0.2) is 15.8 Å². The molecule has 4 nitrogen and oxygen atoms in total. The van der Waals surface area contributed by atoms with Crippen molar-refractivity contribution in [1.82, 2.24) is 9.55 Å². The highest BCUT2D eigenvalue weighted by Crippen LogP contribution is 2.35. The minimum Gasteiger partial charge on any atom is -0.306 e. The van der Waals surface area contributed by atoms with Gasteiger partial charge in [-0.1, -0.05) is 0 Å². The van der Waals surface area contributed by atoms with Gasteiger partial charge in [0, 0.05) is 11.6 Å². The second-order valence-corrected chi connectivity index (χ2v) is 3.93. The maximum Gasteiger partial charge on any atom is 0.326 e. The SMILES string of the molecule is O=Cc1ccc2c(c1)[nH]c(=O)n2C1CC1. The third-order valence-corrected chi connectivity index (χ3v) is 2.79. The number of nitrogens with one attached hydrogen (secondary N) is 1. The van der Waals surface area contributed by atoms with Gasteiger partial charge in [0.15, 0.2) is 0 Å². The summed E-state index contributed by atoms with van der Waals surface area (Å²) in [6, 6.07) is 5.63. The molecule has 1 N–H and O–H groups in total. The van der Waals surface area contributed by atoms with Crippen LogP contribution in [-0.2, 0) is 0 Å². The van der Waals surface area contributed by atoms with E-state index >= 15 is 0 Å². The van der Waals surface area contributed by atoms with E-state index in [4.69, 9.17) is 0 Å². The highest BCUT2D eigenvalue weighted by molar-refractivity contribution is 5.85. The third-order valence-electron chi connectivity index (χ3n) is 2.79. The van der Waals surface area contributed by atoms with Gasteiger partial charge in [-0.3, -0.25) is 9.36 Å². The van der Waals surface area contributed by atoms with Crippen LogP contribution in [0.3, 0.4) is 0 Å². The summed E-state index contributed by atoms with van der Waals surface area (Å²) in [6.45, 7) is 0. The van der Waals surface area contributed by atoms with E-state index in [0.29, 0.717) is 11.6 Å². The molecule has 0 radical (unpaired) electrons. The number of aromatic nitrogens is 2. The molecular weight excluding hydrogens is 192 g/mol. The summed E-state index contributed by atoms with van der Waals surface area (Å²) >= 11 is 0. The van der Waals surface area contributed by atoms with Crippen LogP contribution >= 0.6 is 0 Å². The molecule has 1 fully saturated rings. The molecule has 0 aliphatic heterocycles. The molecule has 1 aliphatic carbocycles. The molecule has 0 atom stereocenters. The number of hydrogen-bond donors (Lipinski definition) is 1. The smallest absolute Gasteiger partial charge is 0.306 e. The molecule has 2 aromatic rings. The molecule has 0 saturated heterocycles. The van der Waals surface area contributed by atoms with E-state index in [1.165, 1.54) is 0 Å². The van der Waals surface area contributed by atoms with E-state index in [-0.39, 0.29) is 5.69 Å². The first-order chi connectivity index (χ1) is 7.29. The fourth-order valence-corrected chi connectivity index (χ4v) is 1.92. The highest BCUT2D eigenvalue weighted by Gasteiger charge is 2.26. The molecule has 76 valence electrons. The second-order valence-electron chi connectivity index (χ2n) is 3.93. The lowest BCUT2D eigenvalue weighted by atomic mass is 10.2. The zero-order chi connectivity index (χ0) is 10.4. The number of fused-ring (bicyclic) bond motifs is 1. The van der Waals surface area contributed by atoms with Gasteiger partial charge in [0.05, 0.1) is 11.0 Å². The number of carbonyl (C=O) groups is 1. The highest BCUT2D eigenvalue weighted by atomic mass is 16.1. The largest absolute Gasteiger partial charge is 0.326 e. The van der Waals surface area contributed by atoms with E-state index in [1.807, 2.05) is 6.07 Å². The first-order valence-electron chi connectivity index (χ1n) is 4.99. The average molecular weight is 202 g/mol. The van der Waals surface area contributed by atoms with Gasteiger partial charge in [-0.2, -0.15) is 0 Å². The van der Waals surface area contributed by atoms with Crippen LogP contribution in [0.1, 0.15) is 29.2 Å². The van der Waals surface area contributed by atoms with Gasteiger partial charge in [0.1, 0.15) is 6.29 Å². The number of aromatic amines is 1. The Morgan fingerprint density at radius 2 is 2.20 bits per heavy atom. The van der Waals surface area contributed by atoms with E-state index in [1.54, 1.807) is 16.7 Å². The Balaban J connectivity index is 2.32. The molecule has 0 amide bonds. The normalized spacial score (nSPS) is 15.7. The molecular formula is C11H10N2O2. The number of nitrogens with zero attached hydrogens (tertiary/aromatic N) is 1. The van der Waals surface area contributed by atoms with Gasteiger partial charge >= 0.3 is 5.69 Å². The monoisotopic (exact) mass is 202 g/mol. The molecule has 1 aromatic carbocycles. The van der Waals surface area contributed by atoms with Gasteiger partial charge in [-0.05, 0) is 31.0 Å². The zero-order valence-electron chi connectivity index (χ0n) is 8.06. The van der Waals surface area contributed by atoms with Crippen molar-refractivity contribution in [2.24, 2.45) is 0 Å². The zero-order valence-corrected chi connectivity index (χ0v) is 8.06. The number of imidazole rings is 1. The van der Waals surface area contributed by atoms with Crippen molar-refractivity contribution < 1.29 is 4.79 Å². The van der Waals surface area contributed by atoms with E-state index in [2.05, 4.69) is 4.98 Å². The molecule has 0 spiro atoms. The summed E-state index contributed by atoms with van der Waals surface area (Å²) in [5, 5.41) is 0. The minimum absolute atomic E-state index is 0.0736. The lowest BCUT2D eigenvalue weighted by molar-refractivity contribution is 0.112. The van der Waals surface area contributed by atoms with Crippen LogP contribution in [0.2, 0.25) is 0 Å². The predicted octanol–water partition coefficient (Wildman–Crippen LogP) is 1.48. The minimum atomic E-state index is -0.0736. The van der Waals surface area contributed by atoms with Crippen molar-refractivity contribution in [2.45, 2.75) is 18.9 Å². The van der Waals surface area contributed by atoms with Crippen LogP contribution < -0.4 is 5.69 Å². The van der Waals surface area contributed by atoms with Crippen molar-refractivity contribution in [3.05, 3.63) is 34.2 Å². The molecule has 3 rings (SSSR count). The van der Waals surface area contributed by atoms with Crippen molar-refractivity contribution in [2.75, 3.05) is 0 Å². The predicted molar refractivity (Wildman–Crippen MR) is 56.2 cm³/mol. The number of aldehydes is 1. The summed E-state index contributed by atoms with van der Waals surface area (Å²) in [7, 11) is 0. The Bertz CT molecular complexity index is 590. The maximum atomic E-state index is 11.6. The second kappa shape index (κ2) is 2.82. The molecule has 1 saturated carbocycles. The lowest BCUT2D eigenvalue weighted by Gasteiger charge is -1.98. The summed E-state index contributed by atoms with van der Waals surface area (Å²) in [5.41, 5.74) is 2.16. The Labute approximate surface area is 85.5 Å². The topological polar surface area (TPSA) is 54.9 Å². The Hall–Kier alpha value is -1.84. The summed E-state index contributed by atoms with van der Waals surface area (Å²) in [6.07, 6.45) is 2.93. The van der Waals surface area contributed by atoms with Gasteiger partial charge < -0.3 is 4.98 Å². The molecule has 1 heterocycles. The number of H-pyrrole nitrogens is 1. The molecule has 4 heteroatoms. The van der Waals surface area contributed by atoms with Gasteiger partial charge in [-0.25, -0.2) is 4.79 Å². The van der Waals surface area contributed by atoms with Crippen LogP contribution in [0.5, 0.6) is 0 Å². The summed E-state index contributed by atoms with van der Waals surface area (Å²) in [5.74, 6) is 0. The number of benzene rings is 1. The molecule has 0 bridgehead atoms. The fourth-order valence-electron chi connectivity index (χ4n) is 1.92. The van der Waals surface area contributed by atoms with Gasteiger partial charge in [0.25, 0.3) is 0 Å². The number of carbonyl (C=O) groups excluding carboxylic acids is 1. The Kier molecular flexibility index (Phi) is 1.59. The van der Waals surface area contributed by atoms with Crippen molar-refractivity contribution in [3.63, 3.8) is 0 Å². The molecule has 1 aromatic heterocycles. The number of hydrogen-bond acceptors (Lipinski definition) is 2. The Morgan fingerprint density at radius 1 is 1.40 bits per heavy atom. The van der Waals surface area contributed by atoms with Crippen LogP contribution in [0.25, 0.3) is 11.0 Å². The van der Waals surface area contributed by atoms with Gasteiger partial charge in [0.2, 0.25) is 0 Å². The summed E-state index contributed by atoms with van der Waals surface area (Å²) in [4.78, 5) is 25.0. The fraction of sp³-hybridized carbons (Fsp3) is 0.273. The van der Waals surface area contributed by atoms with Gasteiger partial charge in [-0.15, -0.1) is 0 Å². The molecule has 0 unspecified atom stereocenters. The third kappa shape index (κ3) is 1.21. The van der Waals surface area contributed by atoms with E-state index in [9.17, 15) is 9.59 Å². The van der Waals surface area contributed by atoms with Crippen LogP contribution in [0, 0.1) is 0 Å². The van der Waals surface area contributed by atoms with Crippen molar-refractivity contribution in [1.29, 1.82) is 0 Å². The average Bonchev–Trinajstić information content (AvgIpc) is 3.00. The lowest BCUT2D eigenvalue weighted by Crippen LogP contribution is -2.14. The van der Waals surface area contributed by atoms with Crippen LogP contribution in [0.4, 0.5) is 0 Å². The van der Waals surface area contributed by atoms with E-state index in [0.717, 1.165) is 30.2 Å². The number of rotatable bonds is 2. The van der Waals surface area contributed by atoms with Crippen molar-refractivity contribution >= 4 is 17.3 Å². The van der Waals surface area contributed by atoms with E-state index < -0.39 is 0 Å². The standard InChI is InChI=1S/C11H10N2O2/c14-6-7-1-4-10-9(5-7)12-11(15)13(10)8-2-3-8/h1,4-6,8H,2-3H2,(H,12,15). The van der Waals surface area contributed by atoms with Crippen LogP contribution in [0.15, 0.2) is 23.0 Å². The van der Waals surface area contributed by atoms with Crippen molar-refractivity contribution in [3.8, 4) is 0 Å². The Morgan fingerprint density at radius 3 is 2.87 bits per heavy atom. The first kappa shape index (κ1) is 8.47. The first-order valence-corrected chi connectivity index (χ1v) is 4.99. The quantitative estimate of drug-likeness (QED) is 0.750. The summed E-state index contributed by atoms with van der Waals surface area (Å²) < 4.78 is 1.78.